The van der Waals surface area contributed by atoms with E-state index < -0.39 is 27.1 Å². The molecule has 0 amide bonds. The first-order valence-corrected chi connectivity index (χ1v) is 11.6. The lowest BCUT2D eigenvalue weighted by Crippen LogP contribution is -2.57. The van der Waals surface area contributed by atoms with Crippen molar-refractivity contribution in [2.45, 2.75) is 38.9 Å². The Morgan fingerprint density at radius 3 is 2.34 bits per heavy atom. The van der Waals surface area contributed by atoms with Crippen LogP contribution in [0.2, 0.25) is 0 Å². The van der Waals surface area contributed by atoms with E-state index in [4.69, 9.17) is 20.5 Å². The number of halogens is 1. The van der Waals surface area contributed by atoms with E-state index in [9.17, 15) is 18.3 Å². The topological polar surface area (TPSA) is 93.1 Å². The molecule has 0 aliphatic carbocycles. The quantitative estimate of drug-likeness (QED) is 0.344. The van der Waals surface area contributed by atoms with Crippen LogP contribution in [0, 0.1) is 5.41 Å². The van der Waals surface area contributed by atoms with Gasteiger partial charge in [0.2, 0.25) is 0 Å². The van der Waals surface area contributed by atoms with Crippen LogP contribution in [0.5, 0.6) is 0 Å². The molecule has 7 nitrogen and oxygen atoms in total. The van der Waals surface area contributed by atoms with Crippen LogP contribution in [-0.4, -0.2) is 68.9 Å². The van der Waals surface area contributed by atoms with Crippen LogP contribution >= 0.6 is 11.6 Å². The van der Waals surface area contributed by atoms with E-state index >= 15 is 0 Å². The molecular weight excluding hydrogens is 418 g/mol. The molecule has 1 atom stereocenters. The summed E-state index contributed by atoms with van der Waals surface area (Å²) in [6.07, 6.45) is 0.430. The van der Waals surface area contributed by atoms with Crippen molar-refractivity contribution in [1.82, 2.24) is 4.90 Å². The Morgan fingerprint density at radius 2 is 1.83 bits per heavy atom. The Labute approximate surface area is 179 Å². The summed E-state index contributed by atoms with van der Waals surface area (Å²) in [5.41, 5.74) is -1.94. The van der Waals surface area contributed by atoms with Gasteiger partial charge in [-0.15, -0.1) is 11.6 Å². The van der Waals surface area contributed by atoms with Crippen LogP contribution in [0.3, 0.4) is 0 Å². The molecule has 0 aliphatic heterocycles. The van der Waals surface area contributed by atoms with E-state index in [0.717, 1.165) is 5.56 Å². The van der Waals surface area contributed by atoms with Crippen LogP contribution in [0.1, 0.15) is 32.3 Å². The molecule has 9 heteroatoms. The highest BCUT2D eigenvalue weighted by atomic mass is 35.5. The molecule has 0 bridgehead atoms. The van der Waals surface area contributed by atoms with Gasteiger partial charge in [0.15, 0.2) is 5.60 Å². The van der Waals surface area contributed by atoms with Crippen molar-refractivity contribution in [3.63, 3.8) is 0 Å². The van der Waals surface area contributed by atoms with Gasteiger partial charge in [0.25, 0.3) is 10.1 Å². The second kappa shape index (κ2) is 11.3. The lowest BCUT2D eigenvalue weighted by Gasteiger charge is -2.43. The lowest BCUT2D eigenvalue weighted by molar-refractivity contribution is -0.194. The number of rotatable bonds is 14. The third kappa shape index (κ3) is 7.86. The number of hydrogen-bond donors (Lipinski definition) is 1. The minimum absolute atomic E-state index is 0.0863. The smallest absolute Gasteiger partial charge is 0.336 e. The number of carboxylic acids is 1. The molecule has 0 fully saturated rings. The summed E-state index contributed by atoms with van der Waals surface area (Å²) in [5, 5.41) is 10.2. The number of nitrogens with zero attached hydrogens (tertiary/aromatic N) is 1. The van der Waals surface area contributed by atoms with Crippen molar-refractivity contribution < 1.29 is 27.2 Å². The van der Waals surface area contributed by atoms with Gasteiger partial charge in [-0.3, -0.25) is 4.18 Å². The Hall–Kier alpha value is -1.19. The fourth-order valence-corrected chi connectivity index (χ4v) is 4.25. The van der Waals surface area contributed by atoms with Crippen molar-refractivity contribution in [3.05, 3.63) is 35.9 Å². The molecule has 1 aromatic carbocycles. The summed E-state index contributed by atoms with van der Waals surface area (Å²) < 4.78 is 35.4. The number of carboxylic acid groups (broad SMARTS) is 1. The first-order valence-electron chi connectivity index (χ1n) is 9.45. The maximum Gasteiger partial charge on any atom is 0.336 e. The Bertz CT molecular complexity index is 739. The van der Waals surface area contributed by atoms with Gasteiger partial charge in [0.05, 0.1) is 19.0 Å². The van der Waals surface area contributed by atoms with E-state index in [-0.39, 0.29) is 37.7 Å². The van der Waals surface area contributed by atoms with Crippen molar-refractivity contribution in [2.24, 2.45) is 5.41 Å². The number of alkyl halides is 1. The van der Waals surface area contributed by atoms with Crippen molar-refractivity contribution in [2.75, 3.05) is 38.9 Å². The highest BCUT2D eigenvalue weighted by Gasteiger charge is 2.53. The zero-order chi connectivity index (χ0) is 22.1. The number of benzene rings is 1. The van der Waals surface area contributed by atoms with E-state index in [1.807, 2.05) is 49.3 Å². The van der Waals surface area contributed by atoms with E-state index in [2.05, 4.69) is 0 Å². The van der Waals surface area contributed by atoms with Gasteiger partial charge < -0.3 is 14.7 Å². The molecule has 1 rings (SSSR count). The van der Waals surface area contributed by atoms with E-state index in [1.165, 1.54) is 0 Å². The largest absolute Gasteiger partial charge is 0.479 e. The monoisotopic (exact) mass is 449 g/mol. The minimum atomic E-state index is -3.80. The molecule has 1 N–H and O–H groups in total. The first-order chi connectivity index (χ1) is 13.5. The van der Waals surface area contributed by atoms with Gasteiger partial charge >= 0.3 is 5.97 Å². The third-order valence-corrected chi connectivity index (χ3v) is 6.34. The molecule has 29 heavy (non-hydrogen) atoms. The fourth-order valence-electron chi connectivity index (χ4n) is 2.87. The van der Waals surface area contributed by atoms with Crippen LogP contribution in [0.25, 0.3) is 0 Å². The average Bonchev–Trinajstić information content (AvgIpc) is 2.65. The molecule has 0 spiro atoms. The molecule has 0 aromatic heterocycles. The van der Waals surface area contributed by atoms with Gasteiger partial charge in [-0.25, -0.2) is 4.79 Å². The lowest BCUT2D eigenvalue weighted by atomic mass is 9.73. The van der Waals surface area contributed by atoms with Gasteiger partial charge in [-0.2, -0.15) is 8.42 Å². The zero-order valence-electron chi connectivity index (χ0n) is 17.6. The SMILES string of the molecule is CN(C)CC[C@](OCc1ccccc1)(C(=O)O)C(C)(C)COS(=O)(=O)CCCCl. The van der Waals surface area contributed by atoms with Gasteiger partial charge in [-0.05, 0) is 26.1 Å². The fraction of sp³-hybridized carbons (Fsp3) is 0.650. The van der Waals surface area contributed by atoms with Gasteiger partial charge in [-0.1, -0.05) is 44.2 Å². The average molecular weight is 450 g/mol. The molecule has 0 unspecified atom stereocenters. The molecular formula is C20H32ClNO6S. The Balaban J connectivity index is 3.12. The zero-order valence-corrected chi connectivity index (χ0v) is 19.1. The molecule has 1 aromatic rings. The van der Waals surface area contributed by atoms with Crippen molar-refractivity contribution >= 4 is 27.7 Å². The van der Waals surface area contributed by atoms with E-state index in [0.29, 0.717) is 6.54 Å². The predicted octanol–water partition coefficient (Wildman–Crippen LogP) is 2.98. The van der Waals surface area contributed by atoms with Gasteiger partial charge in [0, 0.05) is 24.3 Å². The summed E-state index contributed by atoms with van der Waals surface area (Å²) in [4.78, 5) is 14.3. The molecule has 0 aliphatic rings. The van der Waals surface area contributed by atoms with Crippen molar-refractivity contribution in [1.29, 1.82) is 0 Å². The van der Waals surface area contributed by atoms with Crippen LogP contribution in [0.15, 0.2) is 30.3 Å². The van der Waals surface area contributed by atoms with Crippen LogP contribution in [-0.2, 0) is 30.4 Å². The second-order valence-corrected chi connectivity index (χ2v) is 10.0. The maximum atomic E-state index is 12.4. The highest BCUT2D eigenvalue weighted by molar-refractivity contribution is 7.86. The molecule has 0 saturated carbocycles. The first kappa shape index (κ1) is 25.8. The third-order valence-electron chi connectivity index (χ3n) is 4.81. The van der Waals surface area contributed by atoms with Crippen LogP contribution in [0.4, 0.5) is 0 Å². The molecule has 0 heterocycles. The maximum absolute atomic E-state index is 12.4. The van der Waals surface area contributed by atoms with Gasteiger partial charge in [0.1, 0.15) is 0 Å². The van der Waals surface area contributed by atoms with Crippen molar-refractivity contribution in [3.8, 4) is 0 Å². The number of carbonyl (C=O) groups is 1. The summed E-state index contributed by atoms with van der Waals surface area (Å²) in [6.45, 7) is 3.52. The van der Waals surface area contributed by atoms with E-state index in [1.54, 1.807) is 13.8 Å². The standard InChI is InChI=1S/C20H32ClNO6S/c1-19(2,16-28-29(25,26)14-8-12-21)20(18(23)24,11-13-22(3)4)27-15-17-9-6-5-7-10-17/h5-7,9-10H,8,11-16H2,1-4H3,(H,23,24)/t20-/m0/s1. The number of hydrogen-bond acceptors (Lipinski definition) is 6. The normalized spacial score (nSPS) is 14.7. The second-order valence-electron chi connectivity index (χ2n) is 7.91. The summed E-state index contributed by atoms with van der Waals surface area (Å²) in [6, 6.07) is 9.25. The minimum Gasteiger partial charge on any atom is -0.479 e. The Morgan fingerprint density at radius 1 is 1.21 bits per heavy atom. The molecule has 166 valence electrons. The predicted molar refractivity (Wildman–Crippen MR) is 114 cm³/mol. The molecule has 0 radical (unpaired) electrons. The Kier molecular flexibility index (Phi) is 10.0. The number of aliphatic carboxylic acids is 1. The summed E-state index contributed by atoms with van der Waals surface area (Å²) in [5.74, 6) is -1.16. The summed E-state index contributed by atoms with van der Waals surface area (Å²) >= 11 is 5.56. The summed E-state index contributed by atoms with van der Waals surface area (Å²) in [7, 11) is -0.130. The van der Waals surface area contributed by atoms with Crippen LogP contribution < -0.4 is 0 Å². The number of ether oxygens (including phenoxy) is 1. The molecule has 0 saturated heterocycles. The highest BCUT2D eigenvalue weighted by Crippen LogP contribution is 2.39.